The molecule has 0 bridgehead atoms. The Hall–Kier alpha value is -2.38. The van der Waals surface area contributed by atoms with Gasteiger partial charge in [-0.15, -0.1) is 0 Å². The number of pyridine rings is 2. The van der Waals surface area contributed by atoms with Crippen molar-refractivity contribution in [3.63, 3.8) is 0 Å². The summed E-state index contributed by atoms with van der Waals surface area (Å²) in [5, 5.41) is 0. The standard InChI is InChI=1S/C20H24N4/c1-20(2,3)24-14-12-23(13-15-24)19-10-8-17(16-22-19)7-9-18-6-4-5-11-21-18/h4-6,8,10-11,16H,12-15H2,1-3H3. The van der Waals surface area contributed by atoms with E-state index in [1.807, 2.05) is 30.5 Å². The van der Waals surface area contributed by atoms with E-state index >= 15 is 0 Å². The second kappa shape index (κ2) is 7.02. The first-order valence-corrected chi connectivity index (χ1v) is 8.41. The molecule has 1 fully saturated rings. The number of nitrogens with zero attached hydrogens (tertiary/aromatic N) is 4. The molecule has 3 heterocycles. The lowest BCUT2D eigenvalue weighted by Crippen LogP contribution is -2.53. The first-order chi connectivity index (χ1) is 11.5. The number of rotatable bonds is 1. The van der Waals surface area contributed by atoms with Crippen LogP contribution in [0.3, 0.4) is 0 Å². The van der Waals surface area contributed by atoms with Gasteiger partial charge in [0.1, 0.15) is 11.5 Å². The number of piperazine rings is 1. The first-order valence-electron chi connectivity index (χ1n) is 8.41. The molecule has 2 aromatic rings. The summed E-state index contributed by atoms with van der Waals surface area (Å²) in [5.41, 5.74) is 1.93. The lowest BCUT2D eigenvalue weighted by atomic mass is 10.1. The van der Waals surface area contributed by atoms with Crippen LogP contribution in [0.5, 0.6) is 0 Å². The summed E-state index contributed by atoms with van der Waals surface area (Å²) in [5.74, 6) is 7.21. The smallest absolute Gasteiger partial charge is 0.128 e. The molecule has 0 spiro atoms. The molecule has 0 aliphatic carbocycles. The van der Waals surface area contributed by atoms with Gasteiger partial charge in [0.05, 0.1) is 0 Å². The van der Waals surface area contributed by atoms with Gasteiger partial charge in [-0.25, -0.2) is 9.97 Å². The van der Waals surface area contributed by atoms with Gasteiger partial charge in [-0.05, 0) is 51.0 Å². The van der Waals surface area contributed by atoms with Crippen LogP contribution >= 0.6 is 0 Å². The Morgan fingerprint density at radius 1 is 0.917 bits per heavy atom. The van der Waals surface area contributed by atoms with Crippen molar-refractivity contribution in [2.45, 2.75) is 26.3 Å². The van der Waals surface area contributed by atoms with E-state index in [9.17, 15) is 0 Å². The molecule has 0 N–H and O–H groups in total. The van der Waals surface area contributed by atoms with Crippen LogP contribution in [0, 0.1) is 11.8 Å². The van der Waals surface area contributed by atoms with Gasteiger partial charge in [-0.2, -0.15) is 0 Å². The van der Waals surface area contributed by atoms with E-state index in [-0.39, 0.29) is 5.54 Å². The van der Waals surface area contributed by atoms with Crippen molar-refractivity contribution in [1.82, 2.24) is 14.9 Å². The Balaban J connectivity index is 1.63. The Kier molecular flexibility index (Phi) is 4.82. The third-order valence-electron chi connectivity index (χ3n) is 4.30. The van der Waals surface area contributed by atoms with Gasteiger partial charge in [-0.3, -0.25) is 4.90 Å². The van der Waals surface area contributed by atoms with E-state index in [4.69, 9.17) is 0 Å². The van der Waals surface area contributed by atoms with E-state index in [0.717, 1.165) is 43.3 Å². The highest BCUT2D eigenvalue weighted by Crippen LogP contribution is 2.19. The largest absolute Gasteiger partial charge is 0.354 e. The van der Waals surface area contributed by atoms with Gasteiger partial charge >= 0.3 is 0 Å². The summed E-state index contributed by atoms with van der Waals surface area (Å²) in [6, 6.07) is 9.84. The molecule has 0 aromatic carbocycles. The number of hydrogen-bond acceptors (Lipinski definition) is 4. The molecule has 3 rings (SSSR count). The molecule has 1 aliphatic rings. The molecule has 124 valence electrons. The van der Waals surface area contributed by atoms with Crippen molar-refractivity contribution >= 4 is 5.82 Å². The maximum Gasteiger partial charge on any atom is 0.128 e. The van der Waals surface area contributed by atoms with Gasteiger partial charge < -0.3 is 4.90 Å². The molecule has 1 aliphatic heterocycles. The van der Waals surface area contributed by atoms with E-state index < -0.39 is 0 Å². The highest BCUT2D eigenvalue weighted by atomic mass is 15.3. The molecule has 0 atom stereocenters. The van der Waals surface area contributed by atoms with Crippen LogP contribution in [0.1, 0.15) is 32.0 Å². The third kappa shape index (κ3) is 4.12. The Labute approximate surface area is 144 Å². The molecule has 2 aromatic heterocycles. The lowest BCUT2D eigenvalue weighted by Gasteiger charge is -2.42. The molecule has 4 nitrogen and oxygen atoms in total. The minimum Gasteiger partial charge on any atom is -0.354 e. The van der Waals surface area contributed by atoms with Crippen LogP contribution < -0.4 is 4.90 Å². The number of anilines is 1. The van der Waals surface area contributed by atoms with E-state index in [0.29, 0.717) is 0 Å². The van der Waals surface area contributed by atoms with Crippen molar-refractivity contribution in [2.75, 3.05) is 31.1 Å². The average molecular weight is 320 g/mol. The number of hydrogen-bond donors (Lipinski definition) is 0. The fourth-order valence-electron chi connectivity index (χ4n) is 2.83. The summed E-state index contributed by atoms with van der Waals surface area (Å²) in [6.07, 6.45) is 3.60. The Bertz CT molecular complexity index is 712. The summed E-state index contributed by atoms with van der Waals surface area (Å²) < 4.78 is 0. The summed E-state index contributed by atoms with van der Waals surface area (Å²) >= 11 is 0. The molecule has 0 amide bonds. The topological polar surface area (TPSA) is 32.3 Å². The summed E-state index contributed by atoms with van der Waals surface area (Å²) in [7, 11) is 0. The van der Waals surface area contributed by atoms with Crippen molar-refractivity contribution in [3.8, 4) is 11.8 Å². The fraction of sp³-hybridized carbons (Fsp3) is 0.400. The first kappa shape index (κ1) is 16.5. The predicted octanol–water partition coefficient (Wildman–Crippen LogP) is 2.80. The monoisotopic (exact) mass is 320 g/mol. The van der Waals surface area contributed by atoms with Gasteiger partial charge in [0, 0.05) is 49.7 Å². The Morgan fingerprint density at radius 3 is 2.29 bits per heavy atom. The molecular formula is C20H24N4. The van der Waals surface area contributed by atoms with Crippen LogP contribution in [0.2, 0.25) is 0 Å². The maximum atomic E-state index is 4.59. The quantitative estimate of drug-likeness (QED) is 0.756. The molecule has 0 radical (unpaired) electrons. The third-order valence-corrected chi connectivity index (χ3v) is 4.30. The van der Waals surface area contributed by atoms with E-state index in [1.54, 1.807) is 6.20 Å². The summed E-state index contributed by atoms with van der Waals surface area (Å²) in [6.45, 7) is 11.0. The van der Waals surface area contributed by atoms with Gasteiger partial charge in [-0.1, -0.05) is 12.0 Å². The fourth-order valence-corrected chi connectivity index (χ4v) is 2.83. The van der Waals surface area contributed by atoms with Gasteiger partial charge in [0.15, 0.2) is 0 Å². The maximum absolute atomic E-state index is 4.59. The van der Waals surface area contributed by atoms with Crippen molar-refractivity contribution < 1.29 is 0 Å². The van der Waals surface area contributed by atoms with Gasteiger partial charge in [0.25, 0.3) is 0 Å². The second-order valence-corrected chi connectivity index (χ2v) is 7.01. The molecule has 1 saturated heterocycles. The highest BCUT2D eigenvalue weighted by molar-refractivity contribution is 5.45. The second-order valence-electron chi connectivity index (χ2n) is 7.01. The van der Waals surface area contributed by atoms with Crippen molar-refractivity contribution in [2.24, 2.45) is 0 Å². The normalized spacial score (nSPS) is 15.7. The minimum absolute atomic E-state index is 0.241. The van der Waals surface area contributed by atoms with E-state index in [2.05, 4.69) is 58.4 Å². The van der Waals surface area contributed by atoms with Crippen LogP contribution in [0.15, 0.2) is 42.7 Å². The molecule has 24 heavy (non-hydrogen) atoms. The van der Waals surface area contributed by atoms with Crippen LogP contribution in [0.4, 0.5) is 5.82 Å². The van der Waals surface area contributed by atoms with Crippen LogP contribution in [-0.4, -0.2) is 46.6 Å². The predicted molar refractivity (Wildman–Crippen MR) is 98.0 cm³/mol. The van der Waals surface area contributed by atoms with Crippen LogP contribution in [0.25, 0.3) is 0 Å². The van der Waals surface area contributed by atoms with Crippen LogP contribution in [-0.2, 0) is 0 Å². The number of aromatic nitrogens is 2. The van der Waals surface area contributed by atoms with Crippen molar-refractivity contribution in [1.29, 1.82) is 0 Å². The SMILES string of the molecule is CC(C)(C)N1CCN(c2ccc(C#Cc3ccccn3)cn2)CC1. The van der Waals surface area contributed by atoms with Gasteiger partial charge in [0.2, 0.25) is 0 Å². The zero-order valence-electron chi connectivity index (χ0n) is 14.7. The zero-order chi connectivity index (χ0) is 17.0. The molecule has 0 saturated carbocycles. The average Bonchev–Trinajstić information content (AvgIpc) is 2.61. The lowest BCUT2D eigenvalue weighted by molar-refractivity contribution is 0.128. The summed E-state index contributed by atoms with van der Waals surface area (Å²) in [4.78, 5) is 13.7. The van der Waals surface area contributed by atoms with E-state index in [1.165, 1.54) is 0 Å². The molecule has 4 heteroatoms. The zero-order valence-corrected chi connectivity index (χ0v) is 14.7. The Morgan fingerprint density at radius 2 is 1.71 bits per heavy atom. The molecule has 0 unspecified atom stereocenters. The highest BCUT2D eigenvalue weighted by Gasteiger charge is 2.26. The minimum atomic E-state index is 0.241. The van der Waals surface area contributed by atoms with Crippen molar-refractivity contribution in [3.05, 3.63) is 54.0 Å². The molecular weight excluding hydrogens is 296 g/mol.